The molecule has 0 spiro atoms. The van der Waals surface area contributed by atoms with Gasteiger partial charge in [0, 0.05) is 23.5 Å². The Morgan fingerprint density at radius 3 is 2.95 bits per heavy atom. The average molecular weight is 276 g/mol. The van der Waals surface area contributed by atoms with E-state index in [1.54, 1.807) is 16.9 Å². The van der Waals surface area contributed by atoms with E-state index < -0.39 is 0 Å². The quantitative estimate of drug-likeness (QED) is 0.610. The minimum absolute atomic E-state index is 0.754. The van der Waals surface area contributed by atoms with Crippen molar-refractivity contribution < 1.29 is 0 Å². The van der Waals surface area contributed by atoms with Gasteiger partial charge in [0.25, 0.3) is 0 Å². The molecule has 0 saturated heterocycles. The van der Waals surface area contributed by atoms with Gasteiger partial charge in [-0.2, -0.15) is 10.2 Å². The molecule has 0 aliphatic carbocycles. The maximum absolute atomic E-state index is 4.37. The molecule has 0 aliphatic heterocycles. The number of nitrogens with zero attached hydrogens (tertiary/aromatic N) is 5. The molecule has 0 fully saturated rings. The molecule has 21 heavy (non-hydrogen) atoms. The van der Waals surface area contributed by atoms with Crippen LogP contribution in [0.2, 0.25) is 0 Å². The van der Waals surface area contributed by atoms with Crippen LogP contribution in [0.1, 0.15) is 5.82 Å². The maximum atomic E-state index is 4.37. The molecule has 4 aromatic rings. The van der Waals surface area contributed by atoms with E-state index in [0.717, 1.165) is 34.0 Å². The highest BCUT2D eigenvalue weighted by molar-refractivity contribution is 5.78. The zero-order valence-electron chi connectivity index (χ0n) is 11.4. The van der Waals surface area contributed by atoms with Gasteiger partial charge in [-0.25, -0.2) is 9.50 Å². The first-order chi connectivity index (χ1) is 10.3. The van der Waals surface area contributed by atoms with Crippen LogP contribution >= 0.6 is 0 Å². The molecule has 0 amide bonds. The Hall–Kier alpha value is -3.02. The first-order valence-corrected chi connectivity index (χ1v) is 6.59. The van der Waals surface area contributed by atoms with Crippen LogP contribution in [-0.4, -0.2) is 29.8 Å². The molecule has 0 atom stereocenters. The summed E-state index contributed by atoms with van der Waals surface area (Å²) in [6.45, 7) is 1.88. The van der Waals surface area contributed by atoms with E-state index in [9.17, 15) is 0 Å². The van der Waals surface area contributed by atoms with Crippen LogP contribution in [0.3, 0.4) is 0 Å². The fraction of sp³-hybridized carbons (Fsp3) is 0.0667. The molecule has 0 bridgehead atoms. The van der Waals surface area contributed by atoms with Crippen molar-refractivity contribution in [3.8, 4) is 22.5 Å². The molecule has 0 unspecified atom stereocenters. The molecule has 0 aliphatic rings. The lowest BCUT2D eigenvalue weighted by Crippen LogP contribution is -1.90. The smallest absolute Gasteiger partial charge is 0.155 e. The van der Waals surface area contributed by atoms with E-state index >= 15 is 0 Å². The lowest BCUT2D eigenvalue weighted by Gasteiger charge is -2.03. The van der Waals surface area contributed by atoms with Crippen LogP contribution in [0, 0.1) is 6.92 Å². The summed E-state index contributed by atoms with van der Waals surface area (Å²) in [6, 6.07) is 9.77. The Balaban J connectivity index is 1.87. The molecule has 4 aromatic heterocycles. The lowest BCUT2D eigenvalue weighted by atomic mass is 10.1. The highest BCUT2D eigenvalue weighted by atomic mass is 15.3. The molecule has 0 saturated carbocycles. The van der Waals surface area contributed by atoms with Gasteiger partial charge in [0.2, 0.25) is 0 Å². The minimum atomic E-state index is 0.754. The largest absolute Gasteiger partial charge is 0.276 e. The van der Waals surface area contributed by atoms with Crippen LogP contribution in [-0.2, 0) is 0 Å². The van der Waals surface area contributed by atoms with Gasteiger partial charge in [0.15, 0.2) is 5.65 Å². The van der Waals surface area contributed by atoms with Crippen molar-refractivity contribution in [3.63, 3.8) is 0 Å². The Morgan fingerprint density at radius 2 is 2.10 bits per heavy atom. The first-order valence-electron chi connectivity index (χ1n) is 6.59. The molecular weight excluding hydrogens is 264 g/mol. The number of hydrogen-bond acceptors (Lipinski definition) is 4. The standard InChI is InChI=1S/C15H12N6/c1-10-18-14-6-5-11(9-21(14)20-10)12-8-17-19-15(12)13-4-2-3-7-16-13/h2-9H,1H3,(H,17,19). The van der Waals surface area contributed by atoms with Crippen molar-refractivity contribution in [2.24, 2.45) is 0 Å². The number of nitrogens with one attached hydrogen (secondary N) is 1. The second-order valence-electron chi connectivity index (χ2n) is 4.75. The molecule has 102 valence electrons. The summed E-state index contributed by atoms with van der Waals surface area (Å²) in [7, 11) is 0. The average Bonchev–Trinajstić information content (AvgIpc) is 3.12. The summed E-state index contributed by atoms with van der Waals surface area (Å²) >= 11 is 0. The summed E-state index contributed by atoms with van der Waals surface area (Å²) in [6.07, 6.45) is 5.52. The van der Waals surface area contributed by atoms with Crippen LogP contribution in [0.5, 0.6) is 0 Å². The fourth-order valence-electron chi connectivity index (χ4n) is 2.36. The van der Waals surface area contributed by atoms with Gasteiger partial charge in [-0.05, 0) is 31.2 Å². The van der Waals surface area contributed by atoms with Crippen molar-refractivity contribution in [1.82, 2.24) is 29.8 Å². The first kappa shape index (κ1) is 11.8. The van der Waals surface area contributed by atoms with Gasteiger partial charge in [-0.1, -0.05) is 6.07 Å². The zero-order valence-corrected chi connectivity index (χ0v) is 11.4. The zero-order chi connectivity index (χ0) is 14.2. The van der Waals surface area contributed by atoms with E-state index in [4.69, 9.17) is 0 Å². The molecule has 6 heteroatoms. The van der Waals surface area contributed by atoms with Gasteiger partial charge < -0.3 is 0 Å². The van der Waals surface area contributed by atoms with E-state index in [1.807, 2.05) is 43.5 Å². The van der Waals surface area contributed by atoms with Crippen LogP contribution in [0.25, 0.3) is 28.2 Å². The number of pyridine rings is 2. The van der Waals surface area contributed by atoms with Gasteiger partial charge in [-0.3, -0.25) is 10.1 Å². The third kappa shape index (κ3) is 1.97. The van der Waals surface area contributed by atoms with E-state index in [-0.39, 0.29) is 0 Å². The number of aryl methyl sites for hydroxylation is 1. The molecule has 0 radical (unpaired) electrons. The Bertz CT molecular complexity index is 906. The number of aromatic amines is 1. The van der Waals surface area contributed by atoms with Crippen LogP contribution < -0.4 is 0 Å². The van der Waals surface area contributed by atoms with E-state index in [0.29, 0.717) is 0 Å². The Kier molecular flexibility index (Phi) is 2.53. The summed E-state index contributed by atoms with van der Waals surface area (Å²) in [5.41, 5.74) is 4.59. The molecule has 4 heterocycles. The van der Waals surface area contributed by atoms with Crippen molar-refractivity contribution in [1.29, 1.82) is 0 Å². The fourth-order valence-corrected chi connectivity index (χ4v) is 2.36. The highest BCUT2D eigenvalue weighted by Gasteiger charge is 2.11. The summed E-state index contributed by atoms with van der Waals surface area (Å²) in [5, 5.41) is 11.5. The Morgan fingerprint density at radius 1 is 1.14 bits per heavy atom. The summed E-state index contributed by atoms with van der Waals surface area (Å²) < 4.78 is 1.78. The SMILES string of the molecule is Cc1nc2ccc(-c3cn[nH]c3-c3ccccn3)cn2n1. The van der Waals surface area contributed by atoms with E-state index in [2.05, 4.69) is 25.3 Å². The van der Waals surface area contributed by atoms with E-state index in [1.165, 1.54) is 0 Å². The molecule has 4 rings (SSSR count). The third-order valence-electron chi connectivity index (χ3n) is 3.31. The van der Waals surface area contributed by atoms with Crippen molar-refractivity contribution >= 4 is 5.65 Å². The molecule has 1 N–H and O–H groups in total. The molecular formula is C15H12N6. The van der Waals surface area contributed by atoms with Crippen LogP contribution in [0.4, 0.5) is 0 Å². The third-order valence-corrected chi connectivity index (χ3v) is 3.31. The number of H-pyrrole nitrogens is 1. The predicted octanol–water partition coefficient (Wildman–Crippen LogP) is 2.49. The maximum Gasteiger partial charge on any atom is 0.155 e. The van der Waals surface area contributed by atoms with Gasteiger partial charge in [-0.15, -0.1) is 0 Å². The minimum Gasteiger partial charge on any atom is -0.276 e. The Labute approximate surface area is 120 Å². The number of hydrogen-bond donors (Lipinski definition) is 1. The highest BCUT2D eigenvalue weighted by Crippen LogP contribution is 2.28. The number of rotatable bonds is 2. The van der Waals surface area contributed by atoms with Gasteiger partial charge >= 0.3 is 0 Å². The predicted molar refractivity (Wildman–Crippen MR) is 78.5 cm³/mol. The normalized spacial score (nSPS) is 11.1. The monoisotopic (exact) mass is 276 g/mol. The number of aromatic nitrogens is 6. The van der Waals surface area contributed by atoms with Crippen molar-refractivity contribution in [2.75, 3.05) is 0 Å². The topological polar surface area (TPSA) is 71.8 Å². The molecule has 6 nitrogen and oxygen atoms in total. The van der Waals surface area contributed by atoms with Gasteiger partial charge in [0.05, 0.1) is 17.6 Å². The van der Waals surface area contributed by atoms with Crippen molar-refractivity contribution in [2.45, 2.75) is 6.92 Å². The second-order valence-corrected chi connectivity index (χ2v) is 4.75. The lowest BCUT2D eigenvalue weighted by molar-refractivity contribution is 0.932. The second kappa shape index (κ2) is 4.52. The molecule has 0 aromatic carbocycles. The van der Waals surface area contributed by atoms with Crippen LogP contribution in [0.15, 0.2) is 48.9 Å². The summed E-state index contributed by atoms with van der Waals surface area (Å²) in [5.74, 6) is 0.754. The number of fused-ring (bicyclic) bond motifs is 1. The van der Waals surface area contributed by atoms with Crippen molar-refractivity contribution in [3.05, 3.63) is 54.7 Å². The summed E-state index contributed by atoms with van der Waals surface area (Å²) in [4.78, 5) is 8.70. The van der Waals surface area contributed by atoms with Gasteiger partial charge in [0.1, 0.15) is 5.82 Å².